The van der Waals surface area contributed by atoms with Crippen LogP contribution in [-0.4, -0.2) is 30.9 Å². The Morgan fingerprint density at radius 3 is 2.79 bits per heavy atom. The number of hydrogen-bond acceptors (Lipinski definition) is 3. The van der Waals surface area contributed by atoms with E-state index in [1.165, 1.54) is 25.7 Å². The van der Waals surface area contributed by atoms with Crippen molar-refractivity contribution >= 4 is 0 Å². The summed E-state index contributed by atoms with van der Waals surface area (Å²) < 4.78 is 5.50. The molecule has 0 bridgehead atoms. The smallest absolute Gasteiger partial charge is 0.0897 e. The molecule has 0 amide bonds. The highest BCUT2D eigenvalue weighted by Gasteiger charge is 2.19. The largest absolute Gasteiger partial charge is 0.389 e. The van der Waals surface area contributed by atoms with Crippen LogP contribution in [0.3, 0.4) is 0 Å². The molecule has 3 heteroatoms. The summed E-state index contributed by atoms with van der Waals surface area (Å²) in [6.45, 7) is 2.59. The molecule has 1 atom stereocenters. The molecule has 2 N–H and O–H groups in total. The van der Waals surface area contributed by atoms with Crippen molar-refractivity contribution in [3.8, 4) is 0 Å². The number of nitrogens with one attached hydrogen (secondary N) is 1. The Kier molecular flexibility index (Phi) is 6.34. The second kappa shape index (κ2) is 8.31. The molecule has 0 saturated heterocycles. The fraction of sp³-hybridized carbons (Fsp3) is 0.625. The zero-order valence-corrected chi connectivity index (χ0v) is 11.6. The SMILES string of the molecule is OC(CNCCCC1CC1)COCc1ccccc1. The maximum atomic E-state index is 9.76. The number of hydrogen-bond donors (Lipinski definition) is 2. The van der Waals surface area contributed by atoms with Crippen LogP contribution in [0.25, 0.3) is 0 Å². The van der Waals surface area contributed by atoms with Gasteiger partial charge in [-0.2, -0.15) is 0 Å². The van der Waals surface area contributed by atoms with Crippen LogP contribution in [0, 0.1) is 5.92 Å². The summed E-state index contributed by atoms with van der Waals surface area (Å²) in [6.07, 6.45) is 5.01. The topological polar surface area (TPSA) is 41.5 Å². The Morgan fingerprint density at radius 1 is 1.26 bits per heavy atom. The lowest BCUT2D eigenvalue weighted by molar-refractivity contribution is 0.0289. The standard InChI is InChI=1S/C16H25NO2/c18-16(11-17-10-4-7-14-8-9-14)13-19-12-15-5-2-1-3-6-15/h1-3,5-6,14,16-18H,4,7-13H2. The molecule has 1 fully saturated rings. The van der Waals surface area contributed by atoms with E-state index in [-0.39, 0.29) is 0 Å². The molecular weight excluding hydrogens is 238 g/mol. The number of ether oxygens (including phenoxy) is 1. The molecule has 2 rings (SSSR count). The summed E-state index contributed by atoms with van der Waals surface area (Å²) in [4.78, 5) is 0. The highest BCUT2D eigenvalue weighted by molar-refractivity contribution is 5.13. The zero-order chi connectivity index (χ0) is 13.3. The van der Waals surface area contributed by atoms with Crippen LogP contribution in [0.5, 0.6) is 0 Å². The zero-order valence-electron chi connectivity index (χ0n) is 11.6. The van der Waals surface area contributed by atoms with Gasteiger partial charge in [-0.3, -0.25) is 0 Å². The van der Waals surface area contributed by atoms with Crippen LogP contribution in [0.4, 0.5) is 0 Å². The lowest BCUT2D eigenvalue weighted by Gasteiger charge is -2.12. The average Bonchev–Trinajstić information content (AvgIpc) is 3.24. The Hall–Kier alpha value is -0.900. The lowest BCUT2D eigenvalue weighted by atomic mass is 10.2. The van der Waals surface area contributed by atoms with E-state index in [0.29, 0.717) is 19.8 Å². The van der Waals surface area contributed by atoms with Gasteiger partial charge in [0.2, 0.25) is 0 Å². The number of rotatable bonds is 10. The summed E-state index contributed by atoms with van der Waals surface area (Å²) in [5.41, 5.74) is 1.15. The Bertz CT molecular complexity index is 338. The van der Waals surface area contributed by atoms with Gasteiger partial charge in [0.1, 0.15) is 0 Å². The summed E-state index contributed by atoms with van der Waals surface area (Å²) in [6, 6.07) is 10.0. The van der Waals surface area contributed by atoms with E-state index in [1.54, 1.807) is 0 Å². The quantitative estimate of drug-likeness (QED) is 0.637. The van der Waals surface area contributed by atoms with Crippen molar-refractivity contribution in [2.45, 2.75) is 38.4 Å². The molecule has 0 heterocycles. The second-order valence-electron chi connectivity index (χ2n) is 5.44. The molecule has 1 aliphatic carbocycles. The molecule has 1 aromatic carbocycles. The van der Waals surface area contributed by atoms with Crippen molar-refractivity contribution in [2.75, 3.05) is 19.7 Å². The number of aliphatic hydroxyl groups excluding tert-OH is 1. The maximum Gasteiger partial charge on any atom is 0.0897 e. The van der Waals surface area contributed by atoms with E-state index in [4.69, 9.17) is 4.74 Å². The summed E-state index contributed by atoms with van der Waals surface area (Å²) in [5, 5.41) is 13.0. The lowest BCUT2D eigenvalue weighted by Crippen LogP contribution is -2.31. The highest BCUT2D eigenvalue weighted by atomic mass is 16.5. The van der Waals surface area contributed by atoms with Gasteiger partial charge in [-0.25, -0.2) is 0 Å². The van der Waals surface area contributed by atoms with E-state index >= 15 is 0 Å². The van der Waals surface area contributed by atoms with Gasteiger partial charge >= 0.3 is 0 Å². The third kappa shape index (κ3) is 6.71. The minimum absolute atomic E-state index is 0.393. The summed E-state index contributed by atoms with van der Waals surface area (Å²) in [7, 11) is 0. The van der Waals surface area contributed by atoms with Crippen LogP contribution in [0.2, 0.25) is 0 Å². The summed E-state index contributed by atoms with van der Waals surface area (Å²) in [5.74, 6) is 1.00. The van der Waals surface area contributed by atoms with Gasteiger partial charge in [0.25, 0.3) is 0 Å². The number of aliphatic hydroxyl groups is 1. The molecular formula is C16H25NO2. The van der Waals surface area contributed by atoms with Crippen LogP contribution < -0.4 is 5.32 Å². The van der Waals surface area contributed by atoms with Crippen molar-refractivity contribution in [2.24, 2.45) is 5.92 Å². The van der Waals surface area contributed by atoms with Crippen LogP contribution in [-0.2, 0) is 11.3 Å². The molecule has 0 spiro atoms. The first-order valence-electron chi connectivity index (χ1n) is 7.35. The highest BCUT2D eigenvalue weighted by Crippen LogP contribution is 2.33. The van der Waals surface area contributed by atoms with Crippen LogP contribution in [0.1, 0.15) is 31.2 Å². The van der Waals surface area contributed by atoms with Gasteiger partial charge in [0.05, 0.1) is 19.3 Å². The van der Waals surface area contributed by atoms with Crippen molar-refractivity contribution in [3.63, 3.8) is 0 Å². The third-order valence-electron chi connectivity index (χ3n) is 3.46. The maximum absolute atomic E-state index is 9.76. The minimum atomic E-state index is -0.412. The van der Waals surface area contributed by atoms with Crippen molar-refractivity contribution in [1.29, 1.82) is 0 Å². The van der Waals surface area contributed by atoms with Gasteiger partial charge in [-0.15, -0.1) is 0 Å². The Balaban J connectivity index is 1.43. The van der Waals surface area contributed by atoms with Crippen LogP contribution >= 0.6 is 0 Å². The van der Waals surface area contributed by atoms with Gasteiger partial charge in [0, 0.05) is 6.54 Å². The average molecular weight is 263 g/mol. The minimum Gasteiger partial charge on any atom is -0.389 e. The van der Waals surface area contributed by atoms with Gasteiger partial charge < -0.3 is 15.2 Å². The molecule has 1 unspecified atom stereocenters. The predicted octanol–water partition coefficient (Wildman–Crippen LogP) is 2.34. The Morgan fingerprint density at radius 2 is 2.05 bits per heavy atom. The molecule has 106 valence electrons. The molecule has 0 aromatic heterocycles. The van der Waals surface area contributed by atoms with E-state index < -0.39 is 6.10 Å². The van der Waals surface area contributed by atoms with Crippen molar-refractivity contribution < 1.29 is 9.84 Å². The molecule has 19 heavy (non-hydrogen) atoms. The molecule has 1 aromatic rings. The first kappa shape index (κ1) is 14.5. The molecule has 3 nitrogen and oxygen atoms in total. The van der Waals surface area contributed by atoms with Gasteiger partial charge in [-0.05, 0) is 30.9 Å². The monoisotopic (exact) mass is 263 g/mol. The fourth-order valence-corrected chi connectivity index (χ4v) is 2.14. The fourth-order valence-electron chi connectivity index (χ4n) is 2.14. The molecule has 0 radical (unpaired) electrons. The molecule has 1 saturated carbocycles. The van der Waals surface area contributed by atoms with E-state index in [2.05, 4.69) is 5.32 Å². The van der Waals surface area contributed by atoms with E-state index in [9.17, 15) is 5.11 Å². The van der Waals surface area contributed by atoms with Crippen molar-refractivity contribution in [3.05, 3.63) is 35.9 Å². The van der Waals surface area contributed by atoms with Gasteiger partial charge in [-0.1, -0.05) is 43.2 Å². The molecule has 1 aliphatic rings. The van der Waals surface area contributed by atoms with Gasteiger partial charge in [0.15, 0.2) is 0 Å². The van der Waals surface area contributed by atoms with E-state index in [0.717, 1.165) is 18.0 Å². The van der Waals surface area contributed by atoms with Crippen molar-refractivity contribution in [1.82, 2.24) is 5.32 Å². The molecule has 0 aliphatic heterocycles. The third-order valence-corrected chi connectivity index (χ3v) is 3.46. The first-order valence-corrected chi connectivity index (χ1v) is 7.35. The Labute approximate surface area is 116 Å². The predicted molar refractivity (Wildman–Crippen MR) is 76.9 cm³/mol. The first-order chi connectivity index (χ1) is 9.34. The van der Waals surface area contributed by atoms with Crippen LogP contribution in [0.15, 0.2) is 30.3 Å². The normalized spacial score (nSPS) is 16.5. The number of benzene rings is 1. The summed E-state index contributed by atoms with van der Waals surface area (Å²) >= 11 is 0. The van der Waals surface area contributed by atoms with E-state index in [1.807, 2.05) is 30.3 Å². The second-order valence-corrected chi connectivity index (χ2v) is 5.44.